The van der Waals surface area contributed by atoms with Crippen molar-refractivity contribution in [1.82, 2.24) is 0 Å². The van der Waals surface area contributed by atoms with Crippen LogP contribution in [-0.2, 0) is 0 Å². The first kappa shape index (κ1) is 87.7. The molecule has 20 heteroatoms. The van der Waals surface area contributed by atoms with E-state index < -0.39 is 11.6 Å². The highest BCUT2D eigenvalue weighted by Crippen LogP contribution is 2.67. The van der Waals surface area contributed by atoms with Crippen LogP contribution in [0.4, 0.5) is 31.5 Å². The highest BCUT2D eigenvalue weighted by Gasteiger charge is 2.47. The Morgan fingerprint density at radius 3 is 0.674 bits per heavy atom. The molecule has 0 fully saturated rings. The molecule has 138 heavy (non-hydrogen) atoms. The standard InChI is InChI=1S/C60H24N10.C58H24F2N8/c1-68-45-25-44(26-46(27-45)69-2)48(33-66)55-53(40-12-8-5-9-13-40)60(70-3)59-51(41-18-14-35(28-61)15-19-41)56-49(34-67)50(39-10-6-4-7-11-39)54(47(32-65)43-23-37(30-63)22-38(24-43)31-64)57(56)52(58(55)59)42-20-16-36(29-62)17-21-42;1-66-43-25-40(26-44(27-43)67-2)46(31-64)53-51(36-12-8-5-9-13-36)58(68-3)57-49(37-14-18-41(59)19-15-37)54-47(32-65)48(35-10-6-4-7-11-35)52(45(30-63)39-23-33(28-61)22-34(24-39)29-62)55(54)50(56(53)57)38-16-20-42(60)21-17-38/h4-27H;4-27H/b54-47+,55-48+;52-45+,53-46+. The Kier molecular flexibility index (Phi) is 23.6. The summed E-state index contributed by atoms with van der Waals surface area (Å²) >= 11 is 0. The van der Waals surface area contributed by atoms with Gasteiger partial charge in [0.05, 0.1) is 143 Å². The number of hydrogen-bond acceptors (Lipinski definition) is 12. The fourth-order valence-corrected chi connectivity index (χ4v) is 18.4. The van der Waals surface area contributed by atoms with Crippen molar-refractivity contribution in [1.29, 1.82) is 63.1 Å². The van der Waals surface area contributed by atoms with Crippen LogP contribution in [0.2, 0.25) is 0 Å². The summed E-state index contributed by atoms with van der Waals surface area (Å²) in [6, 6.07) is 105. The number of nitrogens with zero attached hydrogens (tertiary/aromatic N) is 18. The van der Waals surface area contributed by atoms with Gasteiger partial charge in [-0.3, -0.25) is 0 Å². The van der Waals surface area contributed by atoms with Gasteiger partial charge >= 0.3 is 0 Å². The van der Waals surface area contributed by atoms with Gasteiger partial charge < -0.3 is 0 Å². The summed E-state index contributed by atoms with van der Waals surface area (Å²) in [6.45, 7) is 49.8. The Labute approximate surface area is 790 Å². The summed E-state index contributed by atoms with van der Waals surface area (Å²) in [4.78, 5) is 22.9. The first-order valence-corrected chi connectivity index (χ1v) is 41.6. The van der Waals surface area contributed by atoms with Gasteiger partial charge in [0.25, 0.3) is 0 Å². The summed E-state index contributed by atoms with van der Waals surface area (Å²) in [5, 5.41) is 130. The molecule has 0 saturated carbocycles. The number of rotatable bonds is 12. The molecule has 4 aliphatic carbocycles. The SMILES string of the molecule is [C-]#[N+]C1=C(c2ccccc2)/C(=C(/C#N)c2cc([N+]#[C-])cc([N+]#[C-])c2)c2c1c(-c1ccc(C#N)cc1)c1c(c2-c2ccc(C#N)cc2)/C(=C(\C#N)c2cc(C#N)cc(C#N)c2)C(c2ccccc2)=C1C#N.[C-]#[N+]C1=C(c2ccccc2)/C(=C(/C#N)c2cc([N+]#[C-])cc([N+]#[C-])c2)c2c1c(-c1ccc(F)cc1)c1c(c2-c2ccc(F)cc2)/C(=C(\C#N)c2cc(C#N)cc(C#N)c2)C(c2ccccc2)=C1C#N. The van der Waals surface area contributed by atoms with E-state index in [1.807, 2.05) is 12.1 Å². The second-order valence-electron chi connectivity index (χ2n) is 31.2. The van der Waals surface area contributed by atoms with Gasteiger partial charge in [0.15, 0.2) is 22.7 Å². The number of halogens is 2. The lowest BCUT2D eigenvalue weighted by molar-refractivity contribution is 0.627. The molecule has 0 aromatic heterocycles. The van der Waals surface area contributed by atoms with Crippen LogP contribution >= 0.6 is 0 Å². The third-order valence-corrected chi connectivity index (χ3v) is 23.8. The zero-order valence-corrected chi connectivity index (χ0v) is 71.5. The molecule has 14 aromatic rings. The molecule has 18 nitrogen and oxygen atoms in total. The van der Waals surface area contributed by atoms with Gasteiger partial charge in [0, 0.05) is 44.5 Å². The van der Waals surface area contributed by atoms with Gasteiger partial charge in [-0.25, -0.2) is 37.9 Å². The molecule has 4 aliphatic rings. The number of fused-ring (bicyclic) bond motifs is 4. The Hall–Kier alpha value is -22.3. The van der Waals surface area contributed by atoms with Crippen LogP contribution < -0.4 is 0 Å². The minimum Gasteiger partial charge on any atom is -0.239 e. The van der Waals surface area contributed by atoms with Gasteiger partial charge in [-0.05, 0) is 218 Å². The molecule has 0 atom stereocenters. The van der Waals surface area contributed by atoms with E-state index in [0.717, 1.165) is 0 Å². The topological polar surface area (TPSA) is 312 Å². The van der Waals surface area contributed by atoms with E-state index >= 15 is 8.78 Å². The second kappa shape index (κ2) is 37.2. The van der Waals surface area contributed by atoms with Crippen molar-refractivity contribution in [2.45, 2.75) is 0 Å². The number of nitriles is 12. The summed E-state index contributed by atoms with van der Waals surface area (Å²) in [5.41, 5.74) is 11.9. The second-order valence-corrected chi connectivity index (χ2v) is 31.2. The van der Waals surface area contributed by atoms with Gasteiger partial charge in [-0.15, -0.1) is 0 Å². The quantitative estimate of drug-likeness (QED) is 0.0814. The smallest absolute Gasteiger partial charge is 0.203 e. The number of benzene rings is 14. The van der Waals surface area contributed by atoms with E-state index in [2.05, 4.69) is 102 Å². The number of hydrogen-bond donors (Lipinski definition) is 0. The lowest BCUT2D eigenvalue weighted by Crippen LogP contribution is -2.05. The summed E-state index contributed by atoms with van der Waals surface area (Å²) in [6.07, 6.45) is 0. The molecule has 624 valence electrons. The third-order valence-electron chi connectivity index (χ3n) is 23.8. The normalized spacial score (nSPS) is 13.4. The van der Waals surface area contributed by atoms with Crippen LogP contribution in [-0.4, -0.2) is 0 Å². The summed E-state index contributed by atoms with van der Waals surface area (Å²) in [5.74, 6) is -1.16. The van der Waals surface area contributed by atoms with Crippen molar-refractivity contribution in [3.05, 3.63) is 494 Å². The van der Waals surface area contributed by atoms with Gasteiger partial charge in [0.2, 0.25) is 11.4 Å². The van der Waals surface area contributed by atoms with Gasteiger partial charge in [-0.2, -0.15) is 63.1 Å². The Balaban J connectivity index is 0.000000191. The molecular formula is C118H48F2N18. The fraction of sp³-hybridized carbons (Fsp3) is 0. The van der Waals surface area contributed by atoms with Crippen molar-refractivity contribution in [3.63, 3.8) is 0 Å². The van der Waals surface area contributed by atoms with E-state index in [0.29, 0.717) is 100 Å². The maximum Gasteiger partial charge on any atom is 0.203 e. The monoisotopic (exact) mass is 1750 g/mol. The van der Waals surface area contributed by atoms with Crippen molar-refractivity contribution in [2.75, 3.05) is 0 Å². The average Bonchev–Trinajstić information content (AvgIpc) is 1.52. The molecule has 18 rings (SSSR count). The minimum atomic E-state index is -0.585. The van der Waals surface area contributed by atoms with Crippen molar-refractivity contribution < 1.29 is 8.78 Å². The van der Waals surface area contributed by atoms with E-state index in [-0.39, 0.29) is 179 Å². The lowest BCUT2D eigenvalue weighted by atomic mass is 9.77. The molecule has 0 aliphatic heterocycles. The summed E-state index contributed by atoms with van der Waals surface area (Å²) < 4.78 is 30.2. The highest BCUT2D eigenvalue weighted by molar-refractivity contribution is 6.41. The lowest BCUT2D eigenvalue weighted by Gasteiger charge is -2.25. The molecular weight excluding hydrogens is 1710 g/mol. The molecule has 0 spiro atoms. The van der Waals surface area contributed by atoms with Crippen molar-refractivity contribution >= 4 is 112 Å². The summed E-state index contributed by atoms with van der Waals surface area (Å²) in [7, 11) is 0. The van der Waals surface area contributed by atoms with Crippen LogP contribution in [0.25, 0.3) is 163 Å². The van der Waals surface area contributed by atoms with E-state index in [1.165, 1.54) is 121 Å². The van der Waals surface area contributed by atoms with E-state index in [9.17, 15) is 63.1 Å². The first-order chi connectivity index (χ1) is 67.5. The molecule has 0 heterocycles. The molecule has 0 bridgehead atoms. The zero-order chi connectivity index (χ0) is 96.7. The van der Waals surface area contributed by atoms with E-state index in [1.54, 1.807) is 158 Å². The largest absolute Gasteiger partial charge is 0.239 e. The molecule has 14 aromatic carbocycles. The third kappa shape index (κ3) is 15.1. The molecule has 0 saturated heterocycles. The Bertz CT molecular complexity index is 8420. The zero-order valence-electron chi connectivity index (χ0n) is 71.5. The van der Waals surface area contributed by atoms with Crippen LogP contribution in [0.1, 0.15) is 122 Å². The van der Waals surface area contributed by atoms with Gasteiger partial charge in [-0.1, -0.05) is 206 Å². The average molecular weight is 1760 g/mol. The van der Waals surface area contributed by atoms with Crippen LogP contribution in [0.3, 0.4) is 0 Å². The van der Waals surface area contributed by atoms with Crippen LogP contribution in [0.15, 0.2) is 291 Å². The predicted octanol–water partition coefficient (Wildman–Crippen LogP) is 28.0. The molecule has 0 unspecified atom stereocenters. The maximum absolute atomic E-state index is 15.2. The van der Waals surface area contributed by atoms with Crippen LogP contribution in [0, 0.1) is 187 Å². The number of allylic oxidation sites excluding steroid dienone is 14. The predicted molar refractivity (Wildman–Crippen MR) is 521 cm³/mol. The van der Waals surface area contributed by atoms with Crippen molar-refractivity contribution in [2.24, 2.45) is 0 Å². The first-order valence-electron chi connectivity index (χ1n) is 41.6. The fourth-order valence-electron chi connectivity index (χ4n) is 18.4. The van der Waals surface area contributed by atoms with Crippen molar-refractivity contribution in [3.8, 4) is 117 Å². The van der Waals surface area contributed by atoms with E-state index in [4.69, 9.17) is 39.4 Å². The Morgan fingerprint density at radius 1 is 0.203 bits per heavy atom. The van der Waals surface area contributed by atoms with Gasteiger partial charge in [0.1, 0.15) is 48.0 Å². The molecule has 0 amide bonds. The molecule has 0 radical (unpaired) electrons. The minimum absolute atomic E-state index is 0.00304. The Morgan fingerprint density at radius 2 is 0.435 bits per heavy atom. The van der Waals surface area contributed by atoms with Crippen LogP contribution in [0.5, 0.6) is 0 Å². The maximum atomic E-state index is 15.2. The highest BCUT2D eigenvalue weighted by atomic mass is 19.1. The molecule has 0 N–H and O–H groups in total.